The smallest absolute Gasteiger partial charge is 0.138 e. The predicted molar refractivity (Wildman–Crippen MR) is 104 cm³/mol. The molecule has 0 saturated heterocycles. The van der Waals surface area contributed by atoms with Crippen LogP contribution >= 0.6 is 11.3 Å². The van der Waals surface area contributed by atoms with Crippen LogP contribution in [-0.4, -0.2) is 39.2 Å². The van der Waals surface area contributed by atoms with Crippen molar-refractivity contribution in [3.63, 3.8) is 0 Å². The fourth-order valence-corrected chi connectivity index (χ4v) is 3.80. The maximum atomic E-state index is 6.21. The molecule has 0 spiro atoms. The number of amidine groups is 1. The van der Waals surface area contributed by atoms with E-state index in [2.05, 4.69) is 57.5 Å². The van der Waals surface area contributed by atoms with Gasteiger partial charge in [-0.3, -0.25) is 4.99 Å². The van der Waals surface area contributed by atoms with Crippen LogP contribution in [0.15, 0.2) is 52.2 Å². The van der Waals surface area contributed by atoms with Gasteiger partial charge in [0.2, 0.25) is 0 Å². The van der Waals surface area contributed by atoms with Gasteiger partial charge in [-0.15, -0.1) is 0 Å². The highest BCUT2D eigenvalue weighted by atomic mass is 32.1. The van der Waals surface area contributed by atoms with Crippen LogP contribution in [-0.2, 0) is 4.74 Å². The van der Waals surface area contributed by atoms with Crippen LogP contribution in [0.25, 0.3) is 21.9 Å². The monoisotopic (exact) mass is 352 g/mol. The second-order valence-electron chi connectivity index (χ2n) is 5.86. The molecule has 0 saturated carbocycles. The van der Waals surface area contributed by atoms with Gasteiger partial charge in [-0.05, 0) is 39.2 Å². The van der Waals surface area contributed by atoms with E-state index in [9.17, 15) is 0 Å². The largest absolute Gasteiger partial charge is 0.490 e. The van der Waals surface area contributed by atoms with E-state index in [4.69, 9.17) is 9.47 Å². The topological polar surface area (TPSA) is 42.9 Å². The van der Waals surface area contributed by atoms with E-state index in [1.165, 1.54) is 16.3 Å². The van der Waals surface area contributed by atoms with E-state index in [0.29, 0.717) is 13.2 Å². The molecule has 1 N–H and O–H groups in total. The normalized spacial score (nSPS) is 13.7. The third-order valence-corrected chi connectivity index (χ3v) is 4.96. The van der Waals surface area contributed by atoms with Crippen molar-refractivity contribution in [1.29, 1.82) is 0 Å². The molecule has 128 valence electrons. The number of nitrogens with one attached hydrogen (secondary N) is 1. The van der Waals surface area contributed by atoms with E-state index in [1.807, 2.05) is 0 Å². The van der Waals surface area contributed by atoms with Gasteiger partial charge in [0, 0.05) is 19.2 Å². The maximum Gasteiger partial charge on any atom is 0.138 e. The summed E-state index contributed by atoms with van der Waals surface area (Å²) in [7, 11) is 1.69. The van der Waals surface area contributed by atoms with Gasteiger partial charge < -0.3 is 14.8 Å². The molecule has 0 atom stereocenters. The molecular formula is C20H20N2O2S. The first-order chi connectivity index (χ1) is 12.4. The van der Waals surface area contributed by atoms with E-state index in [-0.39, 0.29) is 0 Å². The average Bonchev–Trinajstić information content (AvgIpc) is 3.35. The lowest BCUT2D eigenvalue weighted by Crippen LogP contribution is -2.21. The van der Waals surface area contributed by atoms with Crippen LogP contribution in [0, 0.1) is 0 Å². The molecule has 0 bridgehead atoms. The molecule has 0 unspecified atom stereocenters. The fraction of sp³-hybridized carbons (Fsp3) is 0.250. The molecule has 0 radical (unpaired) electrons. The van der Waals surface area contributed by atoms with E-state index < -0.39 is 0 Å². The molecule has 3 aromatic rings. The molecule has 0 aliphatic carbocycles. The second kappa shape index (κ2) is 7.25. The minimum atomic E-state index is 0.506. The molecule has 2 heterocycles. The van der Waals surface area contributed by atoms with Crippen molar-refractivity contribution >= 4 is 27.9 Å². The van der Waals surface area contributed by atoms with Crippen molar-refractivity contribution in [2.45, 2.75) is 0 Å². The number of methoxy groups -OCH3 is 1. The summed E-state index contributed by atoms with van der Waals surface area (Å²) < 4.78 is 11.4. The average molecular weight is 352 g/mol. The zero-order chi connectivity index (χ0) is 17.1. The van der Waals surface area contributed by atoms with Crippen molar-refractivity contribution in [3.05, 3.63) is 52.7 Å². The molecule has 0 fully saturated rings. The van der Waals surface area contributed by atoms with Gasteiger partial charge in [-0.2, -0.15) is 11.3 Å². The summed E-state index contributed by atoms with van der Waals surface area (Å²) in [5.41, 5.74) is 3.32. The number of rotatable bonds is 6. The number of nitrogens with zero attached hydrogens (tertiary/aromatic N) is 1. The SMILES string of the molecule is COCCOc1c(C2=NCCN2)cc2ccccc2c1-c1ccsc1. The molecule has 4 rings (SSSR count). The number of benzene rings is 2. The first kappa shape index (κ1) is 16.1. The first-order valence-corrected chi connectivity index (χ1v) is 9.31. The first-order valence-electron chi connectivity index (χ1n) is 8.37. The summed E-state index contributed by atoms with van der Waals surface area (Å²) in [5, 5.41) is 10.0. The Kier molecular flexibility index (Phi) is 4.68. The molecule has 1 aliphatic rings. The lowest BCUT2D eigenvalue weighted by atomic mass is 9.95. The second-order valence-corrected chi connectivity index (χ2v) is 6.64. The van der Waals surface area contributed by atoms with Gasteiger partial charge in [0.05, 0.1) is 18.7 Å². The summed E-state index contributed by atoms with van der Waals surface area (Å²) in [6.07, 6.45) is 0. The zero-order valence-corrected chi connectivity index (χ0v) is 14.9. The predicted octanol–water partition coefficient (Wildman–Crippen LogP) is 3.94. The number of hydrogen-bond donors (Lipinski definition) is 1. The molecule has 0 amide bonds. The van der Waals surface area contributed by atoms with Gasteiger partial charge in [0.1, 0.15) is 18.2 Å². The summed E-state index contributed by atoms with van der Waals surface area (Å²) in [6.45, 7) is 2.72. The Bertz CT molecular complexity index is 903. The molecule has 1 aliphatic heterocycles. The Hall–Kier alpha value is -2.37. The summed E-state index contributed by atoms with van der Waals surface area (Å²) in [6, 6.07) is 12.7. The van der Waals surface area contributed by atoms with Crippen molar-refractivity contribution < 1.29 is 9.47 Å². The van der Waals surface area contributed by atoms with Crippen LogP contribution in [0.5, 0.6) is 5.75 Å². The number of ether oxygens (including phenoxy) is 2. The Balaban J connectivity index is 1.97. The minimum absolute atomic E-state index is 0.506. The molecular weight excluding hydrogens is 332 g/mol. The van der Waals surface area contributed by atoms with Gasteiger partial charge in [0.15, 0.2) is 0 Å². The maximum absolute atomic E-state index is 6.21. The molecule has 4 nitrogen and oxygen atoms in total. The zero-order valence-electron chi connectivity index (χ0n) is 14.1. The number of aliphatic imine (C=N–C) groups is 1. The Morgan fingerprint density at radius 3 is 2.88 bits per heavy atom. The third kappa shape index (κ3) is 3.13. The number of thiophene rings is 1. The van der Waals surface area contributed by atoms with E-state index >= 15 is 0 Å². The van der Waals surface area contributed by atoms with Crippen LogP contribution < -0.4 is 10.1 Å². The van der Waals surface area contributed by atoms with Crippen molar-refractivity contribution in [1.82, 2.24) is 5.32 Å². The quantitative estimate of drug-likeness (QED) is 0.683. The van der Waals surface area contributed by atoms with Crippen LogP contribution in [0.1, 0.15) is 5.56 Å². The highest BCUT2D eigenvalue weighted by Gasteiger charge is 2.21. The minimum Gasteiger partial charge on any atom is -0.490 e. The van der Waals surface area contributed by atoms with Gasteiger partial charge in [-0.1, -0.05) is 24.3 Å². The standard InChI is InChI=1S/C20H20N2O2S/c1-23-9-10-24-19-17(20-21-7-8-22-20)12-14-4-2-3-5-16(14)18(19)15-6-11-25-13-15/h2-6,11-13H,7-10H2,1H3,(H,21,22). The lowest BCUT2D eigenvalue weighted by Gasteiger charge is -2.18. The van der Waals surface area contributed by atoms with Crippen LogP contribution in [0.4, 0.5) is 0 Å². The van der Waals surface area contributed by atoms with E-state index in [0.717, 1.165) is 35.8 Å². The number of hydrogen-bond acceptors (Lipinski definition) is 5. The fourth-order valence-electron chi connectivity index (χ4n) is 3.15. The lowest BCUT2D eigenvalue weighted by molar-refractivity contribution is 0.146. The summed E-state index contributed by atoms with van der Waals surface area (Å²) in [5.74, 6) is 1.79. The Morgan fingerprint density at radius 1 is 1.20 bits per heavy atom. The van der Waals surface area contributed by atoms with Crippen molar-refractivity contribution in [2.24, 2.45) is 4.99 Å². The van der Waals surface area contributed by atoms with Crippen LogP contribution in [0.3, 0.4) is 0 Å². The summed E-state index contributed by atoms with van der Waals surface area (Å²) >= 11 is 1.69. The van der Waals surface area contributed by atoms with E-state index in [1.54, 1.807) is 18.4 Å². The van der Waals surface area contributed by atoms with Gasteiger partial charge in [-0.25, -0.2) is 0 Å². The van der Waals surface area contributed by atoms with Crippen LogP contribution in [0.2, 0.25) is 0 Å². The molecule has 25 heavy (non-hydrogen) atoms. The molecule has 1 aromatic heterocycles. The highest BCUT2D eigenvalue weighted by molar-refractivity contribution is 7.08. The highest BCUT2D eigenvalue weighted by Crippen LogP contribution is 2.41. The Morgan fingerprint density at radius 2 is 2.12 bits per heavy atom. The molecule has 2 aromatic carbocycles. The number of fused-ring (bicyclic) bond motifs is 1. The van der Waals surface area contributed by atoms with Crippen molar-refractivity contribution in [3.8, 4) is 16.9 Å². The molecule has 5 heteroatoms. The van der Waals surface area contributed by atoms with Crippen molar-refractivity contribution in [2.75, 3.05) is 33.4 Å². The van der Waals surface area contributed by atoms with Gasteiger partial charge in [0.25, 0.3) is 0 Å². The summed E-state index contributed by atoms with van der Waals surface area (Å²) in [4.78, 5) is 4.62. The Labute approximate surface area is 151 Å². The van der Waals surface area contributed by atoms with Gasteiger partial charge >= 0.3 is 0 Å². The third-order valence-electron chi connectivity index (χ3n) is 4.27.